The second kappa shape index (κ2) is 7.63. The van der Waals surface area contributed by atoms with Crippen LogP contribution in [0.3, 0.4) is 0 Å². The molecule has 0 aliphatic rings. The van der Waals surface area contributed by atoms with Gasteiger partial charge in [-0.25, -0.2) is 4.98 Å². The molecule has 27 heavy (non-hydrogen) atoms. The Labute approximate surface area is 156 Å². The highest BCUT2D eigenvalue weighted by atomic mass is 16.3. The molecule has 0 fully saturated rings. The van der Waals surface area contributed by atoms with Gasteiger partial charge in [0.25, 0.3) is 11.5 Å². The van der Waals surface area contributed by atoms with Crippen LogP contribution in [0.25, 0.3) is 11.1 Å². The van der Waals surface area contributed by atoms with Crippen molar-refractivity contribution in [3.05, 3.63) is 52.3 Å². The lowest BCUT2D eigenvalue weighted by Crippen LogP contribution is -2.24. The van der Waals surface area contributed by atoms with Crippen molar-refractivity contribution in [1.82, 2.24) is 14.5 Å². The molecule has 8 heteroatoms. The average Bonchev–Trinajstić information content (AvgIpc) is 2.95. The van der Waals surface area contributed by atoms with Crippen LogP contribution in [0.1, 0.15) is 22.5 Å². The second-order valence-corrected chi connectivity index (χ2v) is 6.69. The Hall–Kier alpha value is -3.13. The fourth-order valence-electron chi connectivity index (χ4n) is 2.89. The first-order chi connectivity index (χ1) is 12.9. The van der Waals surface area contributed by atoms with Gasteiger partial charge in [-0.3, -0.25) is 14.2 Å². The van der Waals surface area contributed by atoms with Crippen LogP contribution in [-0.4, -0.2) is 41.0 Å². The molecule has 3 aromatic rings. The van der Waals surface area contributed by atoms with Gasteiger partial charge in [-0.05, 0) is 58.3 Å². The van der Waals surface area contributed by atoms with Gasteiger partial charge in [0.15, 0.2) is 0 Å². The highest BCUT2D eigenvalue weighted by molar-refractivity contribution is 6.12. The predicted molar refractivity (Wildman–Crippen MR) is 105 cm³/mol. The number of rotatable bonds is 6. The molecule has 0 saturated heterocycles. The summed E-state index contributed by atoms with van der Waals surface area (Å²) in [5.74, 6) is -0.0606. The molecule has 1 aromatic carbocycles. The summed E-state index contributed by atoms with van der Waals surface area (Å²) in [6, 6.07) is 6.77. The highest BCUT2D eigenvalue weighted by Gasteiger charge is 2.23. The maximum absolute atomic E-state index is 12.9. The Bertz CT molecular complexity index is 1020. The first-order valence-corrected chi connectivity index (χ1v) is 8.67. The number of aryl methyl sites for hydroxylation is 2. The zero-order chi connectivity index (χ0) is 19.6. The van der Waals surface area contributed by atoms with E-state index in [1.165, 1.54) is 10.9 Å². The molecule has 0 aliphatic carbocycles. The number of aromatic nitrogens is 2. The third-order valence-corrected chi connectivity index (χ3v) is 4.25. The van der Waals surface area contributed by atoms with Crippen LogP contribution in [0.4, 0.5) is 11.4 Å². The number of fused-ring (bicyclic) bond motifs is 1. The smallest absolute Gasteiger partial charge is 0.265 e. The Balaban J connectivity index is 1.94. The van der Waals surface area contributed by atoms with Gasteiger partial charge in [0, 0.05) is 17.9 Å². The van der Waals surface area contributed by atoms with Crippen LogP contribution in [0.5, 0.6) is 0 Å². The molecule has 0 spiro atoms. The Kier molecular flexibility index (Phi) is 5.27. The zero-order valence-electron chi connectivity index (χ0n) is 15.7. The Morgan fingerprint density at radius 1 is 1.30 bits per heavy atom. The molecule has 0 bridgehead atoms. The summed E-state index contributed by atoms with van der Waals surface area (Å²) in [6.07, 6.45) is 2.26. The van der Waals surface area contributed by atoms with E-state index in [1.54, 1.807) is 31.2 Å². The molecular formula is C19H23N5O3. The highest BCUT2D eigenvalue weighted by Crippen LogP contribution is 2.22. The molecule has 8 nitrogen and oxygen atoms in total. The number of nitrogens with two attached hydrogens (primary N) is 1. The van der Waals surface area contributed by atoms with Crippen molar-refractivity contribution in [1.29, 1.82) is 0 Å². The minimum atomic E-state index is -0.416. The monoisotopic (exact) mass is 369 g/mol. The largest absolute Gasteiger partial charge is 0.442 e. The molecule has 0 atom stereocenters. The van der Waals surface area contributed by atoms with Crippen molar-refractivity contribution in [2.75, 3.05) is 31.7 Å². The lowest BCUT2D eigenvalue weighted by Gasteiger charge is -2.10. The lowest BCUT2D eigenvalue weighted by atomic mass is 10.1. The van der Waals surface area contributed by atoms with Crippen molar-refractivity contribution >= 4 is 28.4 Å². The maximum Gasteiger partial charge on any atom is 0.265 e. The van der Waals surface area contributed by atoms with Crippen LogP contribution < -0.4 is 16.6 Å². The number of nitrogen functional groups attached to an aromatic ring is 1. The molecule has 0 radical (unpaired) electrons. The minimum absolute atomic E-state index is 0.170. The summed E-state index contributed by atoms with van der Waals surface area (Å²) < 4.78 is 7.06. The lowest BCUT2D eigenvalue weighted by molar-refractivity contribution is 0.102. The van der Waals surface area contributed by atoms with Crippen molar-refractivity contribution in [3.8, 4) is 0 Å². The summed E-state index contributed by atoms with van der Waals surface area (Å²) in [6.45, 7) is 3.01. The molecule has 1 amide bonds. The number of furan rings is 1. The Morgan fingerprint density at radius 3 is 2.67 bits per heavy atom. The van der Waals surface area contributed by atoms with E-state index in [1.807, 2.05) is 19.0 Å². The number of nitrogens with zero attached hydrogens (tertiary/aromatic N) is 3. The van der Waals surface area contributed by atoms with E-state index in [0.717, 1.165) is 13.0 Å². The van der Waals surface area contributed by atoms with E-state index in [0.29, 0.717) is 23.7 Å². The number of carbonyl (C=O) groups is 1. The molecule has 3 rings (SSSR count). The summed E-state index contributed by atoms with van der Waals surface area (Å²) in [5, 5.41) is 2.97. The summed E-state index contributed by atoms with van der Waals surface area (Å²) in [5.41, 5.74) is 6.94. The van der Waals surface area contributed by atoms with Gasteiger partial charge in [-0.1, -0.05) is 0 Å². The van der Waals surface area contributed by atoms with Gasteiger partial charge in [0.05, 0.1) is 5.56 Å². The number of hydrogen-bond donors (Lipinski definition) is 2. The van der Waals surface area contributed by atoms with E-state index >= 15 is 0 Å². The van der Waals surface area contributed by atoms with Crippen molar-refractivity contribution in [2.24, 2.45) is 0 Å². The maximum atomic E-state index is 12.9. The van der Waals surface area contributed by atoms with E-state index in [9.17, 15) is 9.59 Å². The number of anilines is 2. The van der Waals surface area contributed by atoms with E-state index in [-0.39, 0.29) is 22.2 Å². The number of nitrogens with one attached hydrogen (secondary N) is 1. The first kappa shape index (κ1) is 18.7. The van der Waals surface area contributed by atoms with Gasteiger partial charge in [0.2, 0.25) is 5.71 Å². The van der Waals surface area contributed by atoms with Gasteiger partial charge >= 0.3 is 0 Å². The summed E-state index contributed by atoms with van der Waals surface area (Å²) in [4.78, 5) is 31.9. The Morgan fingerprint density at radius 2 is 2.00 bits per heavy atom. The quantitative estimate of drug-likeness (QED) is 0.645. The van der Waals surface area contributed by atoms with Gasteiger partial charge in [0.1, 0.15) is 17.5 Å². The SMILES string of the molecule is Cc1oc2ncn(CCCN(C)C)c(=O)c2c1C(=O)Nc1ccc(N)cc1. The molecule has 0 unspecified atom stereocenters. The number of amides is 1. The van der Waals surface area contributed by atoms with Crippen LogP contribution >= 0.6 is 0 Å². The molecular weight excluding hydrogens is 346 g/mol. The molecule has 0 saturated carbocycles. The van der Waals surface area contributed by atoms with E-state index in [4.69, 9.17) is 10.2 Å². The van der Waals surface area contributed by atoms with Gasteiger partial charge in [-0.2, -0.15) is 0 Å². The molecule has 142 valence electrons. The number of carbonyl (C=O) groups excluding carboxylic acids is 1. The zero-order valence-corrected chi connectivity index (χ0v) is 15.7. The minimum Gasteiger partial charge on any atom is -0.442 e. The van der Waals surface area contributed by atoms with Crippen LogP contribution in [0, 0.1) is 6.92 Å². The summed E-state index contributed by atoms with van der Waals surface area (Å²) >= 11 is 0. The van der Waals surface area contributed by atoms with Crippen LogP contribution in [0.2, 0.25) is 0 Å². The van der Waals surface area contributed by atoms with Crippen molar-refractivity contribution in [3.63, 3.8) is 0 Å². The molecule has 3 N–H and O–H groups in total. The van der Waals surface area contributed by atoms with Crippen LogP contribution in [0.15, 0.2) is 39.8 Å². The molecule has 2 aromatic heterocycles. The van der Waals surface area contributed by atoms with E-state index in [2.05, 4.69) is 10.3 Å². The number of hydrogen-bond acceptors (Lipinski definition) is 6. The molecule has 0 aliphatic heterocycles. The fraction of sp³-hybridized carbons (Fsp3) is 0.316. The topological polar surface area (TPSA) is 106 Å². The second-order valence-electron chi connectivity index (χ2n) is 6.69. The average molecular weight is 369 g/mol. The fourth-order valence-corrected chi connectivity index (χ4v) is 2.89. The predicted octanol–water partition coefficient (Wildman–Crippen LogP) is 2.08. The normalized spacial score (nSPS) is 11.3. The standard InChI is InChI=1S/C19H23N5O3/c1-12-15(17(25)22-14-7-5-13(20)6-8-14)16-18(27-12)21-11-24(19(16)26)10-4-9-23(2)3/h5-8,11H,4,9-10,20H2,1-3H3,(H,22,25). The van der Waals surface area contributed by atoms with Crippen molar-refractivity contribution < 1.29 is 9.21 Å². The van der Waals surface area contributed by atoms with Crippen LogP contribution in [-0.2, 0) is 6.54 Å². The van der Waals surface area contributed by atoms with E-state index < -0.39 is 5.91 Å². The third kappa shape index (κ3) is 4.01. The van der Waals surface area contributed by atoms with Gasteiger partial charge in [-0.15, -0.1) is 0 Å². The third-order valence-electron chi connectivity index (χ3n) is 4.25. The summed E-state index contributed by atoms with van der Waals surface area (Å²) in [7, 11) is 3.95. The molecule has 2 heterocycles. The van der Waals surface area contributed by atoms with Crippen molar-refractivity contribution in [2.45, 2.75) is 19.9 Å². The first-order valence-electron chi connectivity index (χ1n) is 8.67. The number of benzene rings is 1. The van der Waals surface area contributed by atoms with Gasteiger partial charge < -0.3 is 20.4 Å².